The maximum Gasteiger partial charge on any atom is 0.272 e. The second-order valence-corrected chi connectivity index (χ2v) is 9.33. The Bertz CT molecular complexity index is 613. The van der Waals surface area contributed by atoms with Crippen LogP contribution in [0.5, 0.6) is 0 Å². The molecule has 0 radical (unpaired) electrons. The summed E-state index contributed by atoms with van der Waals surface area (Å²) in [5.41, 5.74) is 2.43. The zero-order valence-electron chi connectivity index (χ0n) is 12.3. The minimum absolute atomic E-state index is 0.173. The van der Waals surface area contributed by atoms with Gasteiger partial charge in [-0.2, -0.15) is 0 Å². The van der Waals surface area contributed by atoms with Gasteiger partial charge in [0.05, 0.1) is 4.92 Å². The van der Waals surface area contributed by atoms with E-state index in [-0.39, 0.29) is 20.3 Å². The van der Waals surface area contributed by atoms with Crippen molar-refractivity contribution in [3.05, 3.63) is 39.4 Å². The molecule has 0 N–H and O–H groups in total. The first-order chi connectivity index (χ1) is 9.89. The fourth-order valence-electron chi connectivity index (χ4n) is 5.62. The zero-order valence-corrected chi connectivity index (χ0v) is 13.9. The molecule has 0 heterocycles. The largest absolute Gasteiger partial charge is 0.272 e. The normalized spacial score (nSPS) is 40.5. The minimum Gasteiger partial charge on any atom is -0.258 e. The molecule has 3 nitrogen and oxygen atoms in total. The fourth-order valence-corrected chi connectivity index (χ4v) is 7.08. The van der Waals surface area contributed by atoms with Crippen molar-refractivity contribution >= 4 is 21.6 Å². The summed E-state index contributed by atoms with van der Waals surface area (Å²) in [7, 11) is 0. The van der Waals surface area contributed by atoms with E-state index in [0.29, 0.717) is 0 Å². The first-order valence-electron chi connectivity index (χ1n) is 7.84. The molecule has 1 aromatic rings. The Morgan fingerprint density at radius 3 is 2.48 bits per heavy atom. The molecule has 5 rings (SSSR count). The van der Waals surface area contributed by atoms with Crippen LogP contribution in [0.2, 0.25) is 0 Å². The maximum absolute atomic E-state index is 11.3. The van der Waals surface area contributed by atoms with E-state index in [1.54, 1.807) is 0 Å². The molecule has 4 bridgehead atoms. The van der Waals surface area contributed by atoms with Gasteiger partial charge in [-0.15, -0.1) is 0 Å². The van der Waals surface area contributed by atoms with Crippen LogP contribution in [0.4, 0.5) is 5.69 Å². The van der Waals surface area contributed by atoms with Gasteiger partial charge in [0.1, 0.15) is 0 Å². The van der Waals surface area contributed by atoms with Gasteiger partial charge in [0.25, 0.3) is 5.69 Å². The molecule has 4 fully saturated rings. The second kappa shape index (κ2) is 4.31. The predicted molar refractivity (Wildman–Crippen MR) is 85.9 cm³/mol. The molecular formula is C17H20BrNO2. The van der Waals surface area contributed by atoms with E-state index >= 15 is 0 Å². The van der Waals surface area contributed by atoms with Crippen molar-refractivity contribution in [1.82, 2.24) is 0 Å². The third-order valence-electron chi connectivity index (χ3n) is 6.01. The van der Waals surface area contributed by atoms with Gasteiger partial charge in [0, 0.05) is 16.0 Å². The van der Waals surface area contributed by atoms with Gasteiger partial charge in [-0.25, -0.2) is 0 Å². The molecular weight excluding hydrogens is 330 g/mol. The molecule has 1 aromatic carbocycles. The summed E-state index contributed by atoms with van der Waals surface area (Å²) in [5, 5.41) is 11.3. The molecule has 4 aliphatic rings. The Morgan fingerprint density at radius 1 is 1.24 bits per heavy atom. The van der Waals surface area contributed by atoms with Crippen LogP contribution in [-0.4, -0.2) is 9.25 Å². The quantitative estimate of drug-likeness (QED) is 0.433. The number of hydrogen-bond acceptors (Lipinski definition) is 2. The smallest absolute Gasteiger partial charge is 0.258 e. The lowest BCUT2D eigenvalue weighted by molar-refractivity contribution is -0.385. The number of benzene rings is 1. The molecule has 21 heavy (non-hydrogen) atoms. The first kappa shape index (κ1) is 13.7. The molecule has 112 valence electrons. The van der Waals surface area contributed by atoms with Crippen molar-refractivity contribution in [3.63, 3.8) is 0 Å². The number of rotatable bonds is 2. The van der Waals surface area contributed by atoms with E-state index in [1.807, 2.05) is 19.1 Å². The van der Waals surface area contributed by atoms with E-state index in [4.69, 9.17) is 0 Å². The summed E-state index contributed by atoms with van der Waals surface area (Å²) < 4.78 is 0.288. The SMILES string of the molecule is Cc1ccc(C23C[C@H]4C[C@@H](CC(Br)(C4)C2)C3)cc1[N+](=O)[O-]. The molecule has 4 heteroatoms. The number of nitrogens with zero attached hydrogens (tertiary/aromatic N) is 1. The zero-order chi connectivity index (χ0) is 14.8. The lowest BCUT2D eigenvalue weighted by Crippen LogP contribution is -2.54. The summed E-state index contributed by atoms with van der Waals surface area (Å²) in [6.07, 6.45) is 7.53. The van der Waals surface area contributed by atoms with Crippen molar-refractivity contribution < 1.29 is 4.92 Å². The number of nitro benzene ring substituents is 1. The highest BCUT2D eigenvalue weighted by molar-refractivity contribution is 9.10. The minimum atomic E-state index is -0.233. The maximum atomic E-state index is 11.3. The molecule has 0 aromatic heterocycles. The third-order valence-corrected chi connectivity index (χ3v) is 6.94. The number of alkyl halides is 1. The van der Waals surface area contributed by atoms with Crippen LogP contribution < -0.4 is 0 Å². The highest BCUT2D eigenvalue weighted by Crippen LogP contribution is 2.65. The molecule has 2 atom stereocenters. The van der Waals surface area contributed by atoms with Gasteiger partial charge in [0.2, 0.25) is 0 Å². The van der Waals surface area contributed by atoms with Crippen molar-refractivity contribution in [1.29, 1.82) is 0 Å². The van der Waals surface area contributed by atoms with Gasteiger partial charge >= 0.3 is 0 Å². The lowest BCUT2D eigenvalue weighted by Gasteiger charge is -2.60. The highest BCUT2D eigenvalue weighted by Gasteiger charge is 2.57. The van der Waals surface area contributed by atoms with E-state index in [0.717, 1.165) is 23.8 Å². The van der Waals surface area contributed by atoms with Crippen LogP contribution in [0.3, 0.4) is 0 Å². The highest BCUT2D eigenvalue weighted by atomic mass is 79.9. The molecule has 0 saturated heterocycles. The lowest BCUT2D eigenvalue weighted by atomic mass is 9.48. The summed E-state index contributed by atoms with van der Waals surface area (Å²) in [6.45, 7) is 1.83. The fraction of sp³-hybridized carbons (Fsp3) is 0.647. The third kappa shape index (κ3) is 2.06. The van der Waals surface area contributed by atoms with E-state index in [1.165, 1.54) is 37.7 Å². The van der Waals surface area contributed by atoms with E-state index < -0.39 is 0 Å². The van der Waals surface area contributed by atoms with E-state index in [9.17, 15) is 10.1 Å². The van der Waals surface area contributed by atoms with Crippen LogP contribution in [0.25, 0.3) is 0 Å². The second-order valence-electron chi connectivity index (χ2n) is 7.65. The Balaban J connectivity index is 1.79. The number of hydrogen-bond donors (Lipinski definition) is 0. The van der Waals surface area contributed by atoms with Crippen LogP contribution in [0.15, 0.2) is 18.2 Å². The summed E-state index contributed by atoms with van der Waals surface area (Å²) in [4.78, 5) is 11.0. The van der Waals surface area contributed by atoms with Crippen molar-refractivity contribution in [2.45, 2.75) is 55.2 Å². The summed E-state index contributed by atoms with van der Waals surface area (Å²) in [6, 6.07) is 5.94. The first-order valence-corrected chi connectivity index (χ1v) is 8.63. The average molecular weight is 350 g/mol. The number of halogens is 1. The molecule has 0 amide bonds. The Hall–Kier alpha value is -0.900. The van der Waals surface area contributed by atoms with Gasteiger partial charge in [-0.3, -0.25) is 10.1 Å². The van der Waals surface area contributed by atoms with Gasteiger partial charge in [0.15, 0.2) is 0 Å². The van der Waals surface area contributed by atoms with Gasteiger partial charge in [-0.05, 0) is 68.3 Å². The Morgan fingerprint density at radius 2 is 1.90 bits per heavy atom. The molecule has 4 aliphatic carbocycles. The standard InChI is InChI=1S/C17H20BrNO2/c1-11-2-3-14(5-15(11)19(20)21)16-6-12-4-13(7-16)9-17(18,8-12)10-16/h2-3,5,12-13H,4,6-10H2,1H3/t12-,13-,16?,17?/m1/s1. The topological polar surface area (TPSA) is 43.1 Å². The van der Waals surface area contributed by atoms with Gasteiger partial charge in [-0.1, -0.05) is 28.1 Å². The van der Waals surface area contributed by atoms with Gasteiger partial charge < -0.3 is 0 Å². The predicted octanol–water partition coefficient (Wildman–Crippen LogP) is 4.89. The average Bonchev–Trinajstić information content (AvgIpc) is 2.35. The molecule has 0 aliphatic heterocycles. The Kier molecular flexibility index (Phi) is 2.82. The Labute approximate surface area is 133 Å². The molecule has 0 spiro atoms. The van der Waals surface area contributed by atoms with Crippen LogP contribution in [-0.2, 0) is 5.41 Å². The summed E-state index contributed by atoms with van der Waals surface area (Å²) in [5.74, 6) is 1.59. The number of nitro groups is 1. The van der Waals surface area contributed by atoms with E-state index in [2.05, 4.69) is 22.0 Å². The summed E-state index contributed by atoms with van der Waals surface area (Å²) >= 11 is 4.02. The van der Waals surface area contributed by atoms with Crippen molar-refractivity contribution in [3.8, 4) is 0 Å². The van der Waals surface area contributed by atoms with Crippen LogP contribution in [0, 0.1) is 28.9 Å². The van der Waals surface area contributed by atoms with Crippen LogP contribution in [0.1, 0.15) is 49.7 Å². The van der Waals surface area contributed by atoms with Crippen LogP contribution >= 0.6 is 15.9 Å². The van der Waals surface area contributed by atoms with Crippen molar-refractivity contribution in [2.75, 3.05) is 0 Å². The van der Waals surface area contributed by atoms with Crippen molar-refractivity contribution in [2.24, 2.45) is 11.8 Å². The monoisotopic (exact) mass is 349 g/mol. The molecule has 0 unspecified atom stereocenters. The number of aryl methyl sites for hydroxylation is 1. The molecule has 4 saturated carbocycles.